The second-order valence-corrected chi connectivity index (χ2v) is 7.01. The summed E-state index contributed by atoms with van der Waals surface area (Å²) in [5, 5.41) is 39.2. The first-order chi connectivity index (χ1) is 14.4. The van der Waals surface area contributed by atoms with Crippen molar-refractivity contribution in [3.63, 3.8) is 0 Å². The van der Waals surface area contributed by atoms with Gasteiger partial charge >= 0.3 is 0 Å². The Morgan fingerprint density at radius 3 is 1.60 bits per heavy atom. The zero-order valence-electron chi connectivity index (χ0n) is 16.3. The molecule has 152 valence electrons. The number of hydrogen-bond donors (Lipinski definition) is 4. The van der Waals surface area contributed by atoms with Crippen molar-refractivity contribution in [2.45, 2.75) is 6.54 Å². The first-order valence-electron chi connectivity index (χ1n) is 9.32. The Morgan fingerprint density at radius 1 is 0.667 bits per heavy atom. The second kappa shape index (κ2) is 7.75. The highest BCUT2D eigenvalue weighted by atomic mass is 16.5. The van der Waals surface area contributed by atoms with Crippen LogP contribution < -0.4 is 4.74 Å². The number of rotatable bonds is 5. The predicted octanol–water partition coefficient (Wildman–Crippen LogP) is 4.70. The number of phenolic OH excluding ortho intramolecular Hbond substituents is 4. The van der Waals surface area contributed by atoms with Gasteiger partial charge in [-0.3, -0.25) is 0 Å². The Bertz CT molecular complexity index is 1130. The molecule has 6 heteroatoms. The van der Waals surface area contributed by atoms with Crippen molar-refractivity contribution >= 4 is 0 Å². The van der Waals surface area contributed by atoms with Crippen LogP contribution in [0.5, 0.6) is 28.7 Å². The van der Waals surface area contributed by atoms with Gasteiger partial charge in [-0.25, -0.2) is 0 Å². The van der Waals surface area contributed by atoms with E-state index in [1.807, 2.05) is 41.2 Å². The van der Waals surface area contributed by atoms with Crippen molar-refractivity contribution in [3.8, 4) is 51.0 Å². The maximum Gasteiger partial charge on any atom is 0.158 e. The van der Waals surface area contributed by atoms with E-state index in [9.17, 15) is 20.4 Å². The number of aromatic hydroxyl groups is 4. The van der Waals surface area contributed by atoms with Crippen molar-refractivity contribution < 1.29 is 25.2 Å². The fourth-order valence-corrected chi connectivity index (χ4v) is 3.38. The van der Waals surface area contributed by atoms with Gasteiger partial charge < -0.3 is 29.7 Å². The fourth-order valence-electron chi connectivity index (χ4n) is 3.38. The highest BCUT2D eigenvalue weighted by molar-refractivity contribution is 5.85. The molecule has 0 unspecified atom stereocenters. The Morgan fingerprint density at radius 2 is 1.17 bits per heavy atom. The van der Waals surface area contributed by atoms with Crippen LogP contribution in [0.3, 0.4) is 0 Å². The van der Waals surface area contributed by atoms with E-state index in [0.29, 0.717) is 17.7 Å². The van der Waals surface area contributed by atoms with Crippen LogP contribution in [0.15, 0.2) is 73.1 Å². The normalized spacial score (nSPS) is 10.8. The van der Waals surface area contributed by atoms with E-state index < -0.39 is 0 Å². The molecular weight excluding hydrogens is 382 g/mol. The zero-order chi connectivity index (χ0) is 21.3. The van der Waals surface area contributed by atoms with Gasteiger partial charge in [-0.05, 0) is 53.1 Å². The minimum atomic E-state index is -0.213. The van der Waals surface area contributed by atoms with E-state index in [-0.39, 0.29) is 23.0 Å². The third-order valence-electron chi connectivity index (χ3n) is 4.98. The van der Waals surface area contributed by atoms with Crippen LogP contribution in [0.25, 0.3) is 22.3 Å². The molecule has 0 spiro atoms. The van der Waals surface area contributed by atoms with Gasteiger partial charge in [0.2, 0.25) is 0 Å². The molecule has 30 heavy (non-hydrogen) atoms. The summed E-state index contributed by atoms with van der Waals surface area (Å²) >= 11 is 0. The molecule has 4 N–H and O–H groups in total. The van der Waals surface area contributed by atoms with Gasteiger partial charge in [0.15, 0.2) is 23.0 Å². The van der Waals surface area contributed by atoms with Gasteiger partial charge in [0.25, 0.3) is 0 Å². The monoisotopic (exact) mass is 403 g/mol. The average molecular weight is 403 g/mol. The standard InChI is InChI=1S/C24H21NO5/c1-30-18-6-2-15(3-7-18)12-25-13-19(16-4-8-21(26)23(28)10-16)20(14-25)17-5-9-22(27)24(29)11-17/h2-11,13-14,26-29H,12H2,1H3. The van der Waals surface area contributed by atoms with Crippen molar-refractivity contribution in [1.82, 2.24) is 4.57 Å². The molecule has 4 rings (SSSR count). The summed E-state index contributed by atoms with van der Waals surface area (Å²) in [5.41, 5.74) is 4.11. The van der Waals surface area contributed by atoms with E-state index in [1.54, 1.807) is 19.2 Å². The molecule has 0 aliphatic carbocycles. The quantitative estimate of drug-likeness (QED) is 0.362. The Hall–Kier alpha value is -4.06. The van der Waals surface area contributed by atoms with Gasteiger partial charge in [0.1, 0.15) is 5.75 Å². The number of benzene rings is 3. The average Bonchev–Trinajstić information content (AvgIpc) is 3.16. The van der Waals surface area contributed by atoms with Gasteiger partial charge in [0, 0.05) is 30.1 Å². The zero-order valence-corrected chi connectivity index (χ0v) is 16.3. The van der Waals surface area contributed by atoms with Crippen LogP contribution in [0, 0.1) is 0 Å². The molecule has 0 saturated heterocycles. The third kappa shape index (κ3) is 3.75. The lowest BCUT2D eigenvalue weighted by atomic mass is 9.98. The lowest BCUT2D eigenvalue weighted by Crippen LogP contribution is -1.96. The van der Waals surface area contributed by atoms with Crippen LogP contribution >= 0.6 is 0 Å². The summed E-state index contributed by atoms with van der Waals surface area (Å²) in [6, 6.07) is 17.0. The number of aromatic nitrogens is 1. The smallest absolute Gasteiger partial charge is 0.158 e. The third-order valence-corrected chi connectivity index (χ3v) is 4.98. The summed E-state index contributed by atoms with van der Waals surface area (Å²) in [6.45, 7) is 0.602. The first-order valence-corrected chi connectivity index (χ1v) is 9.32. The molecule has 6 nitrogen and oxygen atoms in total. The van der Waals surface area contributed by atoms with Crippen LogP contribution in [0.1, 0.15) is 5.56 Å². The Labute approximate surface area is 173 Å². The van der Waals surface area contributed by atoms with Gasteiger partial charge in [-0.15, -0.1) is 0 Å². The molecule has 0 atom stereocenters. The van der Waals surface area contributed by atoms with Crippen molar-refractivity contribution in [2.24, 2.45) is 0 Å². The van der Waals surface area contributed by atoms with Crippen LogP contribution in [-0.2, 0) is 6.54 Å². The van der Waals surface area contributed by atoms with Crippen LogP contribution in [0.2, 0.25) is 0 Å². The van der Waals surface area contributed by atoms with Gasteiger partial charge in [-0.1, -0.05) is 24.3 Å². The number of phenols is 4. The topological polar surface area (TPSA) is 95.1 Å². The number of methoxy groups -OCH3 is 1. The van der Waals surface area contributed by atoms with Crippen molar-refractivity contribution in [3.05, 3.63) is 78.6 Å². The summed E-state index contributed by atoms with van der Waals surface area (Å²) < 4.78 is 7.21. The molecule has 0 radical (unpaired) electrons. The molecule has 0 bridgehead atoms. The number of ether oxygens (including phenoxy) is 1. The molecule has 0 amide bonds. The van der Waals surface area contributed by atoms with Crippen molar-refractivity contribution in [2.75, 3.05) is 7.11 Å². The lowest BCUT2D eigenvalue weighted by Gasteiger charge is -2.07. The summed E-state index contributed by atoms with van der Waals surface area (Å²) in [6.07, 6.45) is 3.88. The highest BCUT2D eigenvalue weighted by Crippen LogP contribution is 2.39. The lowest BCUT2D eigenvalue weighted by molar-refractivity contribution is 0.404. The number of nitrogens with zero attached hydrogens (tertiary/aromatic N) is 1. The van der Waals surface area contributed by atoms with Gasteiger partial charge in [-0.2, -0.15) is 0 Å². The highest BCUT2D eigenvalue weighted by Gasteiger charge is 2.15. The van der Waals surface area contributed by atoms with E-state index in [2.05, 4.69) is 0 Å². The van der Waals surface area contributed by atoms with Crippen LogP contribution in [0.4, 0.5) is 0 Å². The molecule has 3 aromatic carbocycles. The Kier molecular flexibility index (Phi) is 4.98. The molecule has 0 aliphatic heterocycles. The van der Waals surface area contributed by atoms with E-state index in [1.165, 1.54) is 24.3 Å². The minimum Gasteiger partial charge on any atom is -0.504 e. The SMILES string of the molecule is COc1ccc(Cn2cc(-c3ccc(O)c(O)c3)c(-c3ccc(O)c(O)c3)c2)cc1. The fraction of sp³-hybridized carbons (Fsp3) is 0.0833. The largest absolute Gasteiger partial charge is 0.504 e. The molecule has 0 aliphatic rings. The maximum absolute atomic E-state index is 9.95. The maximum atomic E-state index is 9.95. The summed E-state index contributed by atoms with van der Waals surface area (Å²) in [5.74, 6) is -0.0305. The molecule has 0 saturated carbocycles. The predicted molar refractivity (Wildman–Crippen MR) is 114 cm³/mol. The molecular formula is C24H21NO5. The van der Waals surface area contributed by atoms with Crippen molar-refractivity contribution in [1.29, 1.82) is 0 Å². The number of hydrogen-bond acceptors (Lipinski definition) is 5. The molecule has 4 aromatic rings. The van der Waals surface area contributed by atoms with E-state index in [0.717, 1.165) is 22.4 Å². The van der Waals surface area contributed by atoms with E-state index in [4.69, 9.17) is 4.74 Å². The molecule has 1 aromatic heterocycles. The van der Waals surface area contributed by atoms with Gasteiger partial charge in [0.05, 0.1) is 7.11 Å². The van der Waals surface area contributed by atoms with Crippen LogP contribution in [-0.4, -0.2) is 32.1 Å². The summed E-state index contributed by atoms with van der Waals surface area (Å²) in [7, 11) is 1.62. The Balaban J connectivity index is 1.79. The molecule has 0 fully saturated rings. The molecule has 1 heterocycles. The minimum absolute atomic E-state index is 0.194. The second-order valence-electron chi connectivity index (χ2n) is 7.01. The first kappa shape index (κ1) is 19.3. The van der Waals surface area contributed by atoms with E-state index >= 15 is 0 Å². The summed E-state index contributed by atoms with van der Waals surface area (Å²) in [4.78, 5) is 0.